The number of amides is 2. The van der Waals surface area contributed by atoms with E-state index in [1.165, 1.54) is 25.7 Å². The van der Waals surface area contributed by atoms with E-state index in [0.29, 0.717) is 6.54 Å². The van der Waals surface area contributed by atoms with E-state index in [4.69, 9.17) is 5.73 Å². The number of anilines is 1. The summed E-state index contributed by atoms with van der Waals surface area (Å²) in [5.74, 6) is 0. The van der Waals surface area contributed by atoms with Crippen LogP contribution in [0.25, 0.3) is 0 Å². The van der Waals surface area contributed by atoms with E-state index in [9.17, 15) is 4.79 Å². The van der Waals surface area contributed by atoms with E-state index >= 15 is 0 Å². The normalized spacial score (nSPS) is 20.3. The Balaban J connectivity index is 1.48. The van der Waals surface area contributed by atoms with E-state index in [-0.39, 0.29) is 6.03 Å². The van der Waals surface area contributed by atoms with Crippen molar-refractivity contribution in [1.29, 1.82) is 0 Å². The summed E-state index contributed by atoms with van der Waals surface area (Å²) >= 11 is 0. The van der Waals surface area contributed by atoms with E-state index in [1.54, 1.807) is 0 Å². The molecule has 0 spiro atoms. The predicted octanol–water partition coefficient (Wildman–Crippen LogP) is 2.24. The molecule has 0 atom stereocenters. The Morgan fingerprint density at radius 1 is 1.09 bits per heavy atom. The zero-order valence-corrected chi connectivity index (χ0v) is 13.1. The number of nitrogens with zero attached hydrogens (tertiary/aromatic N) is 2. The highest BCUT2D eigenvalue weighted by Crippen LogP contribution is 2.24. The molecule has 1 saturated carbocycles. The molecule has 0 radical (unpaired) electrons. The maximum atomic E-state index is 12.3. The van der Waals surface area contributed by atoms with Gasteiger partial charge in [-0.1, -0.05) is 25.0 Å². The molecule has 120 valence electrons. The minimum absolute atomic E-state index is 0.00608. The first-order valence-electron chi connectivity index (χ1n) is 8.35. The molecule has 5 nitrogen and oxygen atoms in total. The highest BCUT2D eigenvalue weighted by molar-refractivity contribution is 5.89. The quantitative estimate of drug-likeness (QED) is 0.900. The van der Waals surface area contributed by atoms with E-state index in [0.717, 1.165) is 43.5 Å². The average molecular weight is 302 g/mol. The fourth-order valence-electron chi connectivity index (χ4n) is 3.49. The molecule has 1 aliphatic carbocycles. The van der Waals surface area contributed by atoms with Gasteiger partial charge >= 0.3 is 6.03 Å². The maximum Gasteiger partial charge on any atom is 0.321 e. The third kappa shape index (κ3) is 3.59. The first kappa shape index (κ1) is 15.3. The van der Waals surface area contributed by atoms with Crippen molar-refractivity contribution in [2.75, 3.05) is 31.5 Å². The first-order chi connectivity index (χ1) is 10.8. The Hall–Kier alpha value is -1.59. The van der Waals surface area contributed by atoms with Crippen LogP contribution >= 0.6 is 0 Å². The van der Waals surface area contributed by atoms with Crippen LogP contribution in [-0.2, 0) is 6.54 Å². The Morgan fingerprint density at radius 3 is 2.32 bits per heavy atom. The summed E-state index contributed by atoms with van der Waals surface area (Å²) < 4.78 is 0. The molecule has 22 heavy (non-hydrogen) atoms. The predicted molar refractivity (Wildman–Crippen MR) is 88.8 cm³/mol. The zero-order chi connectivity index (χ0) is 15.4. The number of rotatable bonds is 3. The molecule has 2 aliphatic rings. The Bertz CT molecular complexity index is 488. The van der Waals surface area contributed by atoms with Crippen LogP contribution in [0.5, 0.6) is 0 Å². The molecule has 3 rings (SSSR count). The molecule has 1 aromatic rings. The van der Waals surface area contributed by atoms with Gasteiger partial charge in [-0.3, -0.25) is 4.90 Å². The second-order valence-corrected chi connectivity index (χ2v) is 6.29. The van der Waals surface area contributed by atoms with Gasteiger partial charge in [0.2, 0.25) is 0 Å². The monoisotopic (exact) mass is 302 g/mol. The number of hydrogen-bond donors (Lipinski definition) is 2. The van der Waals surface area contributed by atoms with Gasteiger partial charge in [0.05, 0.1) is 0 Å². The number of benzene rings is 1. The standard InChI is InChI=1S/C17H26N4O/c18-13-14-5-7-15(8-6-14)19-17(22)21-11-9-20(10-12-21)16-3-1-2-4-16/h5-8,16H,1-4,9-13,18H2,(H,19,22). The number of nitrogens with two attached hydrogens (primary N) is 1. The molecule has 3 N–H and O–H groups in total. The van der Waals surface area contributed by atoms with Gasteiger partial charge in [0, 0.05) is 44.5 Å². The molecule has 1 aromatic carbocycles. The van der Waals surface area contributed by atoms with Gasteiger partial charge in [0.25, 0.3) is 0 Å². The van der Waals surface area contributed by atoms with Crippen LogP contribution in [0, 0.1) is 0 Å². The van der Waals surface area contributed by atoms with Gasteiger partial charge in [-0.15, -0.1) is 0 Å². The fraction of sp³-hybridized carbons (Fsp3) is 0.588. The number of nitrogens with one attached hydrogen (secondary N) is 1. The lowest BCUT2D eigenvalue weighted by Crippen LogP contribution is -2.52. The van der Waals surface area contributed by atoms with E-state index in [1.807, 2.05) is 29.2 Å². The van der Waals surface area contributed by atoms with Crippen molar-refractivity contribution in [3.05, 3.63) is 29.8 Å². The van der Waals surface area contributed by atoms with E-state index < -0.39 is 0 Å². The fourth-order valence-corrected chi connectivity index (χ4v) is 3.49. The van der Waals surface area contributed by atoms with Crippen LogP contribution < -0.4 is 11.1 Å². The van der Waals surface area contributed by atoms with E-state index in [2.05, 4.69) is 10.2 Å². The molecule has 1 aliphatic heterocycles. The number of urea groups is 1. The molecule has 0 bridgehead atoms. The third-order valence-corrected chi connectivity index (χ3v) is 4.88. The van der Waals surface area contributed by atoms with Gasteiger partial charge < -0.3 is 16.0 Å². The molecule has 2 fully saturated rings. The summed E-state index contributed by atoms with van der Waals surface area (Å²) in [5.41, 5.74) is 7.49. The second-order valence-electron chi connectivity index (χ2n) is 6.29. The SMILES string of the molecule is NCc1ccc(NC(=O)N2CCN(C3CCCC3)CC2)cc1. The molecule has 0 unspecified atom stereocenters. The topological polar surface area (TPSA) is 61.6 Å². The van der Waals surface area contributed by atoms with Crippen molar-refractivity contribution in [3.8, 4) is 0 Å². The number of carbonyl (C=O) groups is 1. The molecule has 1 saturated heterocycles. The van der Waals surface area contributed by atoms with Crippen molar-refractivity contribution in [1.82, 2.24) is 9.80 Å². The lowest BCUT2D eigenvalue weighted by Gasteiger charge is -2.38. The van der Waals surface area contributed by atoms with Gasteiger partial charge in [0.1, 0.15) is 0 Å². The van der Waals surface area contributed by atoms with Crippen molar-refractivity contribution < 1.29 is 4.79 Å². The van der Waals surface area contributed by atoms with Crippen LogP contribution in [0.15, 0.2) is 24.3 Å². The molecule has 5 heteroatoms. The lowest BCUT2D eigenvalue weighted by molar-refractivity contribution is 0.115. The second kappa shape index (κ2) is 7.11. The molecular formula is C17H26N4O. The number of piperazine rings is 1. The van der Waals surface area contributed by atoms with Crippen LogP contribution in [0.1, 0.15) is 31.2 Å². The third-order valence-electron chi connectivity index (χ3n) is 4.88. The van der Waals surface area contributed by atoms with Crippen LogP contribution in [0.4, 0.5) is 10.5 Å². The molecule has 0 aromatic heterocycles. The molecule has 1 heterocycles. The smallest absolute Gasteiger partial charge is 0.321 e. The Morgan fingerprint density at radius 2 is 1.73 bits per heavy atom. The highest BCUT2D eigenvalue weighted by atomic mass is 16.2. The zero-order valence-electron chi connectivity index (χ0n) is 13.1. The van der Waals surface area contributed by atoms with Crippen LogP contribution in [-0.4, -0.2) is 48.1 Å². The first-order valence-corrected chi connectivity index (χ1v) is 8.35. The Kier molecular flexibility index (Phi) is 4.95. The lowest BCUT2D eigenvalue weighted by atomic mass is 10.2. The minimum Gasteiger partial charge on any atom is -0.326 e. The summed E-state index contributed by atoms with van der Waals surface area (Å²) in [4.78, 5) is 16.8. The van der Waals surface area contributed by atoms with Gasteiger partial charge in [-0.2, -0.15) is 0 Å². The van der Waals surface area contributed by atoms with Gasteiger partial charge in [0.15, 0.2) is 0 Å². The molecule has 2 amide bonds. The highest BCUT2D eigenvalue weighted by Gasteiger charge is 2.27. The minimum atomic E-state index is 0.00608. The van der Waals surface area contributed by atoms with Gasteiger partial charge in [-0.05, 0) is 30.5 Å². The van der Waals surface area contributed by atoms with Crippen LogP contribution in [0.3, 0.4) is 0 Å². The summed E-state index contributed by atoms with van der Waals surface area (Å²) in [6.07, 6.45) is 5.40. The summed E-state index contributed by atoms with van der Waals surface area (Å²) in [6.45, 7) is 4.18. The van der Waals surface area contributed by atoms with Crippen molar-refractivity contribution in [3.63, 3.8) is 0 Å². The summed E-state index contributed by atoms with van der Waals surface area (Å²) in [5, 5.41) is 2.97. The largest absolute Gasteiger partial charge is 0.326 e. The van der Waals surface area contributed by atoms with Crippen molar-refractivity contribution >= 4 is 11.7 Å². The summed E-state index contributed by atoms with van der Waals surface area (Å²) in [7, 11) is 0. The van der Waals surface area contributed by atoms with Crippen LogP contribution in [0.2, 0.25) is 0 Å². The van der Waals surface area contributed by atoms with Gasteiger partial charge in [-0.25, -0.2) is 4.79 Å². The Labute approximate surface area is 132 Å². The van der Waals surface area contributed by atoms with Crippen molar-refractivity contribution in [2.24, 2.45) is 5.73 Å². The summed E-state index contributed by atoms with van der Waals surface area (Å²) in [6, 6.07) is 8.49. The average Bonchev–Trinajstić information content (AvgIpc) is 3.10. The molecular weight excluding hydrogens is 276 g/mol. The van der Waals surface area contributed by atoms with Crippen molar-refractivity contribution in [2.45, 2.75) is 38.3 Å². The number of carbonyl (C=O) groups excluding carboxylic acids is 1. The maximum absolute atomic E-state index is 12.3. The number of hydrogen-bond acceptors (Lipinski definition) is 3.